The SMILES string of the molecule is c1ccc(-c2ccc3c4c5ccccc5ccc4n(-c4cccc(-c5ccc(N(c6ccccc6)c6ccccc6)cc5)n4)c3c2)cc1. The smallest absolute Gasteiger partial charge is 0.138 e. The highest BCUT2D eigenvalue weighted by Crippen LogP contribution is 2.39. The number of rotatable bonds is 6. The lowest BCUT2D eigenvalue weighted by atomic mass is 10.0. The van der Waals surface area contributed by atoms with Gasteiger partial charge in [0.1, 0.15) is 5.82 Å². The largest absolute Gasteiger partial charge is 0.311 e. The van der Waals surface area contributed by atoms with Crippen LogP contribution in [0.3, 0.4) is 0 Å². The van der Waals surface area contributed by atoms with E-state index in [1.807, 2.05) is 0 Å². The summed E-state index contributed by atoms with van der Waals surface area (Å²) >= 11 is 0. The normalized spacial score (nSPS) is 11.3. The Morgan fingerprint density at radius 2 is 1.02 bits per heavy atom. The summed E-state index contributed by atoms with van der Waals surface area (Å²) in [5.74, 6) is 0.896. The highest BCUT2D eigenvalue weighted by molar-refractivity contribution is 6.21. The maximum absolute atomic E-state index is 5.31. The van der Waals surface area contributed by atoms with Crippen molar-refractivity contribution in [3.8, 4) is 28.2 Å². The minimum absolute atomic E-state index is 0.896. The van der Waals surface area contributed by atoms with Gasteiger partial charge in [0.15, 0.2) is 0 Å². The monoisotopic (exact) mass is 613 g/mol. The van der Waals surface area contributed by atoms with E-state index in [1.165, 1.54) is 32.7 Å². The molecule has 9 aromatic rings. The first kappa shape index (κ1) is 27.8. The molecule has 2 aromatic heterocycles. The zero-order chi connectivity index (χ0) is 31.9. The lowest BCUT2D eigenvalue weighted by Gasteiger charge is -2.25. The lowest BCUT2D eigenvalue weighted by molar-refractivity contribution is 1.08. The van der Waals surface area contributed by atoms with Gasteiger partial charge in [-0.15, -0.1) is 0 Å². The molecule has 48 heavy (non-hydrogen) atoms. The predicted molar refractivity (Wildman–Crippen MR) is 202 cm³/mol. The van der Waals surface area contributed by atoms with Crippen molar-refractivity contribution in [3.63, 3.8) is 0 Å². The molecule has 0 unspecified atom stereocenters. The Morgan fingerprint density at radius 1 is 0.396 bits per heavy atom. The van der Waals surface area contributed by atoms with Crippen LogP contribution in [0.25, 0.3) is 60.8 Å². The third-order valence-corrected chi connectivity index (χ3v) is 9.18. The van der Waals surface area contributed by atoms with Crippen molar-refractivity contribution in [1.29, 1.82) is 0 Å². The van der Waals surface area contributed by atoms with Gasteiger partial charge in [-0.25, -0.2) is 4.98 Å². The Morgan fingerprint density at radius 3 is 1.75 bits per heavy atom. The van der Waals surface area contributed by atoms with Gasteiger partial charge in [-0.1, -0.05) is 127 Å². The highest BCUT2D eigenvalue weighted by Gasteiger charge is 2.17. The third-order valence-electron chi connectivity index (χ3n) is 9.18. The number of anilines is 3. The lowest BCUT2D eigenvalue weighted by Crippen LogP contribution is -2.09. The summed E-state index contributed by atoms with van der Waals surface area (Å²) in [6, 6.07) is 66.6. The number of nitrogens with zero attached hydrogens (tertiary/aromatic N) is 3. The first-order valence-corrected chi connectivity index (χ1v) is 16.3. The molecule has 0 radical (unpaired) electrons. The van der Waals surface area contributed by atoms with Crippen molar-refractivity contribution < 1.29 is 0 Å². The van der Waals surface area contributed by atoms with Crippen LogP contribution in [0.1, 0.15) is 0 Å². The molecule has 3 heteroatoms. The maximum Gasteiger partial charge on any atom is 0.138 e. The molecule has 0 saturated heterocycles. The number of pyridine rings is 1. The zero-order valence-corrected chi connectivity index (χ0v) is 26.2. The molecule has 0 aliphatic heterocycles. The van der Waals surface area contributed by atoms with Crippen molar-refractivity contribution in [2.24, 2.45) is 0 Å². The summed E-state index contributed by atoms with van der Waals surface area (Å²) in [7, 11) is 0. The Hall–Kier alpha value is -6.45. The Bertz CT molecular complexity index is 2500. The number of benzene rings is 7. The van der Waals surface area contributed by atoms with Crippen LogP contribution < -0.4 is 4.90 Å². The molecule has 0 bridgehead atoms. The molecular formula is C45H31N3. The summed E-state index contributed by atoms with van der Waals surface area (Å²) in [5.41, 5.74) is 10.00. The third kappa shape index (κ3) is 4.81. The molecule has 3 nitrogen and oxygen atoms in total. The molecule has 0 fully saturated rings. The van der Waals surface area contributed by atoms with Crippen molar-refractivity contribution in [2.75, 3.05) is 4.90 Å². The summed E-state index contributed by atoms with van der Waals surface area (Å²) in [6.07, 6.45) is 0. The number of aromatic nitrogens is 2. The second-order valence-electron chi connectivity index (χ2n) is 12.0. The van der Waals surface area contributed by atoms with E-state index in [0.717, 1.165) is 45.2 Å². The van der Waals surface area contributed by atoms with Crippen molar-refractivity contribution >= 4 is 49.6 Å². The minimum Gasteiger partial charge on any atom is -0.311 e. The van der Waals surface area contributed by atoms with Crippen molar-refractivity contribution in [3.05, 3.63) is 188 Å². The molecule has 226 valence electrons. The fourth-order valence-corrected chi connectivity index (χ4v) is 6.94. The summed E-state index contributed by atoms with van der Waals surface area (Å²) < 4.78 is 2.33. The molecule has 9 rings (SSSR count). The average Bonchev–Trinajstić information content (AvgIpc) is 3.51. The van der Waals surface area contributed by atoms with Crippen LogP contribution in [-0.4, -0.2) is 9.55 Å². The minimum atomic E-state index is 0.896. The van der Waals surface area contributed by atoms with E-state index < -0.39 is 0 Å². The summed E-state index contributed by atoms with van der Waals surface area (Å²) in [5, 5.41) is 4.96. The maximum atomic E-state index is 5.31. The van der Waals surface area contributed by atoms with Crippen LogP contribution in [0, 0.1) is 0 Å². The van der Waals surface area contributed by atoms with Gasteiger partial charge in [0, 0.05) is 33.4 Å². The average molecular weight is 614 g/mol. The fourth-order valence-electron chi connectivity index (χ4n) is 6.94. The van der Waals surface area contributed by atoms with Gasteiger partial charge < -0.3 is 4.90 Å². The zero-order valence-electron chi connectivity index (χ0n) is 26.2. The van der Waals surface area contributed by atoms with E-state index in [0.29, 0.717) is 0 Å². The Kier molecular flexibility index (Phi) is 6.80. The van der Waals surface area contributed by atoms with Gasteiger partial charge in [0.2, 0.25) is 0 Å². The van der Waals surface area contributed by atoms with Crippen LogP contribution in [-0.2, 0) is 0 Å². The Balaban J connectivity index is 1.18. The van der Waals surface area contributed by atoms with Crippen LogP contribution >= 0.6 is 0 Å². The van der Waals surface area contributed by atoms with Gasteiger partial charge in [-0.2, -0.15) is 0 Å². The van der Waals surface area contributed by atoms with E-state index in [1.54, 1.807) is 0 Å². The number of fused-ring (bicyclic) bond motifs is 5. The molecule has 0 N–H and O–H groups in total. The van der Waals surface area contributed by atoms with Gasteiger partial charge >= 0.3 is 0 Å². The van der Waals surface area contributed by atoms with Crippen LogP contribution in [0.5, 0.6) is 0 Å². The first-order valence-electron chi connectivity index (χ1n) is 16.3. The highest BCUT2D eigenvalue weighted by atomic mass is 15.1. The van der Waals surface area contributed by atoms with Crippen LogP contribution in [0.2, 0.25) is 0 Å². The second-order valence-corrected chi connectivity index (χ2v) is 12.0. The topological polar surface area (TPSA) is 21.1 Å². The standard InChI is InChI=1S/C45H31N3/c1-4-13-32(14-5-1)35-25-29-40-43(31-35)48(42-30-26-33-15-10-11-20-39(33)45(40)42)44-22-12-21-41(46-44)34-23-27-38(28-24-34)47(36-16-6-2-7-17-36)37-18-8-3-9-19-37/h1-31H. The Labute approximate surface area is 279 Å². The van der Waals surface area contributed by atoms with E-state index in [2.05, 4.69) is 198 Å². The van der Waals surface area contributed by atoms with Crippen LogP contribution in [0.4, 0.5) is 17.1 Å². The predicted octanol–water partition coefficient (Wildman–Crippen LogP) is 12.1. The summed E-state index contributed by atoms with van der Waals surface area (Å²) in [4.78, 5) is 7.59. The molecule has 2 heterocycles. The van der Waals surface area contributed by atoms with Crippen molar-refractivity contribution in [1.82, 2.24) is 9.55 Å². The molecule has 7 aromatic carbocycles. The molecule has 0 amide bonds. The molecular weight excluding hydrogens is 583 g/mol. The van der Waals surface area contributed by atoms with Crippen LogP contribution in [0.15, 0.2) is 188 Å². The van der Waals surface area contributed by atoms with Gasteiger partial charge in [-0.05, 0) is 82.6 Å². The number of para-hydroxylation sites is 2. The van der Waals surface area contributed by atoms with E-state index in [4.69, 9.17) is 4.98 Å². The van der Waals surface area contributed by atoms with E-state index >= 15 is 0 Å². The molecule has 0 atom stereocenters. The quantitative estimate of drug-likeness (QED) is 0.186. The molecule has 0 saturated carbocycles. The summed E-state index contributed by atoms with van der Waals surface area (Å²) in [6.45, 7) is 0. The van der Waals surface area contributed by atoms with Crippen molar-refractivity contribution in [2.45, 2.75) is 0 Å². The second kappa shape index (κ2) is 11.7. The number of hydrogen-bond acceptors (Lipinski definition) is 2. The van der Waals surface area contributed by atoms with E-state index in [-0.39, 0.29) is 0 Å². The number of hydrogen-bond donors (Lipinski definition) is 0. The first-order chi connectivity index (χ1) is 23.8. The molecule has 0 aliphatic carbocycles. The van der Waals surface area contributed by atoms with Gasteiger partial charge in [0.25, 0.3) is 0 Å². The van der Waals surface area contributed by atoms with Gasteiger partial charge in [0.05, 0.1) is 16.7 Å². The molecule has 0 spiro atoms. The molecule has 0 aliphatic rings. The van der Waals surface area contributed by atoms with E-state index in [9.17, 15) is 0 Å². The van der Waals surface area contributed by atoms with Gasteiger partial charge in [-0.3, -0.25) is 4.57 Å². The fraction of sp³-hybridized carbons (Fsp3) is 0.